The largest absolute Gasteiger partial charge is 0.469 e. The van der Waals surface area contributed by atoms with Crippen molar-refractivity contribution in [1.82, 2.24) is 0 Å². The average Bonchev–Trinajstić information content (AvgIpc) is 2.30. The van der Waals surface area contributed by atoms with E-state index < -0.39 is 23.2 Å². The molecule has 0 aliphatic heterocycles. The van der Waals surface area contributed by atoms with Crippen LogP contribution in [0.1, 0.15) is 25.5 Å². The van der Waals surface area contributed by atoms with E-state index in [9.17, 15) is 9.18 Å². The van der Waals surface area contributed by atoms with E-state index in [0.717, 1.165) is 0 Å². The maximum Gasteiger partial charge on any atom is 0.313 e. The van der Waals surface area contributed by atoms with Gasteiger partial charge in [0, 0.05) is 6.04 Å². The Morgan fingerprint density at radius 2 is 2.06 bits per heavy atom. The van der Waals surface area contributed by atoms with Crippen molar-refractivity contribution in [2.75, 3.05) is 7.11 Å². The van der Waals surface area contributed by atoms with Gasteiger partial charge in [-0.15, -0.1) is 12.4 Å². The van der Waals surface area contributed by atoms with Crippen molar-refractivity contribution < 1.29 is 13.9 Å². The molecule has 0 aliphatic rings. The summed E-state index contributed by atoms with van der Waals surface area (Å²) in [7, 11) is 1.29. The molecule has 0 aromatic heterocycles. The number of ether oxygens (including phenoxy) is 1. The zero-order chi connectivity index (χ0) is 13.2. The molecule has 0 radical (unpaired) electrons. The molecule has 2 N–H and O–H groups in total. The molecule has 6 heteroatoms. The Hall–Kier alpha value is -0.840. The monoisotopic (exact) mass is 295 g/mol. The number of halogens is 3. The lowest BCUT2D eigenvalue weighted by molar-refractivity contribution is -0.152. The highest BCUT2D eigenvalue weighted by Crippen LogP contribution is 2.33. The van der Waals surface area contributed by atoms with Crippen LogP contribution in [0.4, 0.5) is 4.39 Å². The molecule has 0 heterocycles. The van der Waals surface area contributed by atoms with Crippen LogP contribution in [0.2, 0.25) is 5.02 Å². The topological polar surface area (TPSA) is 52.3 Å². The quantitative estimate of drug-likeness (QED) is 0.872. The second-order valence-corrected chi connectivity index (χ2v) is 4.77. The van der Waals surface area contributed by atoms with Gasteiger partial charge in [0.05, 0.1) is 17.5 Å². The molecule has 102 valence electrons. The number of methoxy groups -OCH3 is 1. The molecule has 3 nitrogen and oxygen atoms in total. The molecule has 1 aromatic carbocycles. The van der Waals surface area contributed by atoms with E-state index >= 15 is 0 Å². The summed E-state index contributed by atoms with van der Waals surface area (Å²) in [6, 6.07) is 3.58. The molecule has 1 rings (SSSR count). The van der Waals surface area contributed by atoms with Gasteiger partial charge < -0.3 is 10.5 Å². The summed E-state index contributed by atoms with van der Waals surface area (Å²) in [5.74, 6) is -0.999. The van der Waals surface area contributed by atoms with E-state index in [1.54, 1.807) is 19.9 Å². The van der Waals surface area contributed by atoms with Crippen LogP contribution in [0.3, 0.4) is 0 Å². The summed E-state index contributed by atoms with van der Waals surface area (Å²) >= 11 is 5.58. The molecule has 1 aromatic rings. The third kappa shape index (κ3) is 3.34. The molecule has 0 fully saturated rings. The Morgan fingerprint density at radius 3 is 2.50 bits per heavy atom. The van der Waals surface area contributed by atoms with Crippen LogP contribution in [0.25, 0.3) is 0 Å². The fraction of sp³-hybridized carbons (Fsp3) is 0.417. The van der Waals surface area contributed by atoms with Gasteiger partial charge in [-0.2, -0.15) is 0 Å². The maximum absolute atomic E-state index is 13.3. The van der Waals surface area contributed by atoms with Crippen molar-refractivity contribution in [3.63, 3.8) is 0 Å². The van der Waals surface area contributed by atoms with E-state index in [4.69, 9.17) is 17.3 Å². The summed E-state index contributed by atoms with van der Waals surface area (Å²) in [5, 5.41) is 0.0248. The third-order valence-electron chi connectivity index (χ3n) is 2.79. The minimum absolute atomic E-state index is 0. The Kier molecular flexibility index (Phi) is 6.07. The van der Waals surface area contributed by atoms with Gasteiger partial charge in [0.25, 0.3) is 0 Å². The normalized spacial score (nSPS) is 12.6. The number of benzene rings is 1. The van der Waals surface area contributed by atoms with Gasteiger partial charge in [-0.3, -0.25) is 4.79 Å². The number of hydrogen-bond acceptors (Lipinski definition) is 3. The first kappa shape index (κ1) is 17.2. The predicted octanol–water partition coefficient (Wildman–Crippen LogP) is 3.10. The molecule has 0 spiro atoms. The van der Waals surface area contributed by atoms with Crippen LogP contribution in [-0.2, 0) is 9.53 Å². The zero-order valence-corrected chi connectivity index (χ0v) is 11.9. The van der Waals surface area contributed by atoms with Crippen molar-refractivity contribution in [2.24, 2.45) is 11.1 Å². The van der Waals surface area contributed by atoms with Crippen molar-refractivity contribution in [3.05, 3.63) is 34.6 Å². The number of esters is 1. The number of carbonyl (C=O) groups is 1. The standard InChI is InChI=1S/C12H15ClFNO2.ClH/c1-12(2,11(16)17-3)10(15)7-4-5-8(13)9(14)6-7;/h4-6,10H,15H2,1-3H3;1H/t10-;/m1./s1. The van der Waals surface area contributed by atoms with Gasteiger partial charge in [-0.1, -0.05) is 17.7 Å². The summed E-state index contributed by atoms with van der Waals surface area (Å²) in [5.41, 5.74) is 5.52. The molecule has 0 saturated carbocycles. The molecular weight excluding hydrogens is 280 g/mol. The highest BCUT2D eigenvalue weighted by Gasteiger charge is 2.36. The van der Waals surface area contributed by atoms with Gasteiger partial charge in [-0.05, 0) is 31.5 Å². The van der Waals surface area contributed by atoms with Gasteiger partial charge in [0.2, 0.25) is 0 Å². The number of nitrogens with two attached hydrogens (primary N) is 1. The lowest BCUT2D eigenvalue weighted by atomic mass is 9.81. The SMILES string of the molecule is COC(=O)C(C)(C)[C@H](N)c1ccc(Cl)c(F)c1.Cl. The van der Waals surface area contributed by atoms with Gasteiger partial charge in [0.15, 0.2) is 0 Å². The summed E-state index contributed by atoms with van der Waals surface area (Å²) in [6.07, 6.45) is 0. The molecule has 1 atom stereocenters. The van der Waals surface area contributed by atoms with Crippen molar-refractivity contribution in [2.45, 2.75) is 19.9 Å². The van der Waals surface area contributed by atoms with Crippen molar-refractivity contribution in [3.8, 4) is 0 Å². The number of hydrogen-bond donors (Lipinski definition) is 1. The number of rotatable bonds is 3. The maximum atomic E-state index is 13.3. The van der Waals surface area contributed by atoms with E-state index in [0.29, 0.717) is 5.56 Å². The van der Waals surface area contributed by atoms with Crippen LogP contribution in [0.15, 0.2) is 18.2 Å². The van der Waals surface area contributed by atoms with E-state index in [2.05, 4.69) is 4.74 Å². The minimum Gasteiger partial charge on any atom is -0.469 e. The predicted molar refractivity (Wildman–Crippen MR) is 71.4 cm³/mol. The number of carbonyl (C=O) groups excluding carboxylic acids is 1. The Bertz CT molecular complexity index is 438. The molecule has 0 saturated heterocycles. The van der Waals surface area contributed by atoms with E-state index in [1.165, 1.54) is 19.2 Å². The van der Waals surface area contributed by atoms with Gasteiger partial charge >= 0.3 is 5.97 Å². The Morgan fingerprint density at radius 1 is 1.50 bits per heavy atom. The lowest BCUT2D eigenvalue weighted by Gasteiger charge is -2.28. The van der Waals surface area contributed by atoms with Crippen molar-refractivity contribution in [1.29, 1.82) is 0 Å². The zero-order valence-electron chi connectivity index (χ0n) is 10.4. The van der Waals surface area contributed by atoms with Crippen LogP contribution < -0.4 is 5.73 Å². The summed E-state index contributed by atoms with van der Waals surface area (Å²) in [6.45, 7) is 3.30. The average molecular weight is 296 g/mol. The molecule has 0 amide bonds. The van der Waals surface area contributed by atoms with E-state index in [-0.39, 0.29) is 17.4 Å². The highest BCUT2D eigenvalue weighted by atomic mass is 35.5. The summed E-state index contributed by atoms with van der Waals surface area (Å²) < 4.78 is 18.0. The second-order valence-electron chi connectivity index (χ2n) is 4.36. The fourth-order valence-electron chi connectivity index (χ4n) is 1.51. The van der Waals surface area contributed by atoms with E-state index in [1.807, 2.05) is 0 Å². The highest BCUT2D eigenvalue weighted by molar-refractivity contribution is 6.30. The molecule has 18 heavy (non-hydrogen) atoms. The molecular formula is C12H16Cl2FNO2. The van der Waals surface area contributed by atoms with Crippen LogP contribution in [0.5, 0.6) is 0 Å². The smallest absolute Gasteiger partial charge is 0.313 e. The first-order valence-corrected chi connectivity index (χ1v) is 5.47. The molecule has 0 bridgehead atoms. The first-order chi connectivity index (χ1) is 7.80. The van der Waals surface area contributed by atoms with Crippen LogP contribution in [-0.4, -0.2) is 13.1 Å². The minimum atomic E-state index is -0.935. The Balaban J connectivity index is 0.00000289. The van der Waals surface area contributed by atoms with Crippen molar-refractivity contribution >= 4 is 30.0 Å². The molecule has 0 aliphatic carbocycles. The molecule has 0 unspecified atom stereocenters. The lowest BCUT2D eigenvalue weighted by Crippen LogP contribution is -2.37. The van der Waals surface area contributed by atoms with Gasteiger partial charge in [-0.25, -0.2) is 4.39 Å². The second kappa shape index (κ2) is 6.36. The van der Waals surface area contributed by atoms with Crippen LogP contribution >= 0.6 is 24.0 Å². The Labute approximate surface area is 117 Å². The third-order valence-corrected chi connectivity index (χ3v) is 3.10. The van der Waals surface area contributed by atoms with Gasteiger partial charge in [0.1, 0.15) is 5.82 Å². The first-order valence-electron chi connectivity index (χ1n) is 5.09. The summed E-state index contributed by atoms with van der Waals surface area (Å²) in [4.78, 5) is 11.6. The van der Waals surface area contributed by atoms with Crippen LogP contribution in [0, 0.1) is 11.2 Å². The fourth-order valence-corrected chi connectivity index (χ4v) is 1.63.